The number of aromatic carboxylic acids is 1. The van der Waals surface area contributed by atoms with E-state index >= 15 is 0 Å². The first-order valence-corrected chi connectivity index (χ1v) is 13.3. The number of amides is 2. The van der Waals surface area contributed by atoms with E-state index in [0.717, 1.165) is 23.9 Å². The number of alkyl halides is 3. The van der Waals surface area contributed by atoms with Crippen LogP contribution in [0.25, 0.3) is 17.2 Å². The highest BCUT2D eigenvalue weighted by molar-refractivity contribution is 8.26. The number of thiophene rings is 1. The Morgan fingerprint density at radius 3 is 2.46 bits per heavy atom. The average Bonchev–Trinajstić information content (AvgIpc) is 3.46. The number of carbonyl (C=O) groups excluding carboxylic acids is 2. The average molecular weight is 593 g/mol. The second-order valence-corrected chi connectivity index (χ2v) is 10.9. The van der Waals surface area contributed by atoms with Gasteiger partial charge in [0.1, 0.15) is 4.32 Å². The highest BCUT2D eigenvalue weighted by Gasteiger charge is 2.33. The van der Waals surface area contributed by atoms with Crippen LogP contribution in [0.5, 0.6) is 0 Å². The van der Waals surface area contributed by atoms with E-state index in [2.05, 4.69) is 5.32 Å². The van der Waals surface area contributed by atoms with Gasteiger partial charge in [0.05, 0.1) is 22.6 Å². The Bertz CT molecular complexity index is 1480. The number of carbonyl (C=O) groups is 3. The van der Waals surface area contributed by atoms with Crippen molar-refractivity contribution in [2.75, 3.05) is 11.9 Å². The highest BCUT2D eigenvalue weighted by Crippen LogP contribution is 2.38. The van der Waals surface area contributed by atoms with Gasteiger partial charge in [-0.05, 0) is 70.6 Å². The van der Waals surface area contributed by atoms with Gasteiger partial charge in [0.2, 0.25) is 5.91 Å². The number of anilines is 1. The summed E-state index contributed by atoms with van der Waals surface area (Å²) < 4.78 is 39.9. The van der Waals surface area contributed by atoms with E-state index in [4.69, 9.17) is 17.3 Å². The molecule has 202 valence electrons. The normalized spacial score (nSPS) is 14.8. The molecule has 2 aromatic carbocycles. The molecule has 0 spiro atoms. The van der Waals surface area contributed by atoms with E-state index in [0.29, 0.717) is 26.6 Å². The van der Waals surface area contributed by atoms with Gasteiger partial charge in [-0.1, -0.05) is 30.0 Å². The molecule has 2 amide bonds. The molecule has 1 aromatic heterocycles. The Morgan fingerprint density at radius 1 is 1.10 bits per heavy atom. The molecule has 3 N–H and O–H groups in total. The summed E-state index contributed by atoms with van der Waals surface area (Å²) in [4.78, 5) is 38.4. The lowest BCUT2D eigenvalue weighted by atomic mass is 9.99. The van der Waals surface area contributed by atoms with Crippen molar-refractivity contribution in [3.05, 3.63) is 80.4 Å². The Kier molecular flexibility index (Phi) is 8.54. The number of hydrogen-bond acceptors (Lipinski definition) is 7. The molecule has 0 atom stereocenters. The van der Waals surface area contributed by atoms with Crippen LogP contribution in [0.4, 0.5) is 18.9 Å². The predicted molar refractivity (Wildman–Crippen MR) is 147 cm³/mol. The van der Waals surface area contributed by atoms with Crippen LogP contribution in [0.3, 0.4) is 0 Å². The fraction of sp³-hybridized carbons (Fsp3) is 0.154. The van der Waals surface area contributed by atoms with Gasteiger partial charge >= 0.3 is 12.1 Å². The number of thiocarbonyl (C=S) groups is 1. The van der Waals surface area contributed by atoms with Crippen molar-refractivity contribution < 1.29 is 37.8 Å². The Balaban J connectivity index is 1.42. The third kappa shape index (κ3) is 6.74. The van der Waals surface area contributed by atoms with Gasteiger partial charge in [-0.3, -0.25) is 14.5 Å². The standard InChI is InChI=1S/C26H19F3N2O5S3/c27-26(28,29)17-4-1-15(12-32)20(10-17)16-9-19(38-13-16)11-21-23(34)31(25(37)39-21)8-7-22(33)30-18-5-2-14(3-6-18)24(35)36/h1-6,9-11,13,32H,7-8,12H2,(H,30,33)(H,35,36)/b21-11-. The lowest BCUT2D eigenvalue weighted by molar-refractivity contribution is -0.137. The highest BCUT2D eigenvalue weighted by atomic mass is 32.2. The van der Waals surface area contributed by atoms with Crippen LogP contribution in [-0.4, -0.2) is 43.8 Å². The molecule has 0 radical (unpaired) electrons. The zero-order valence-electron chi connectivity index (χ0n) is 19.8. The molecule has 13 heteroatoms. The molecule has 4 rings (SSSR count). The molecule has 1 fully saturated rings. The number of benzene rings is 2. The largest absolute Gasteiger partial charge is 0.478 e. The Morgan fingerprint density at radius 2 is 1.82 bits per heavy atom. The van der Waals surface area contributed by atoms with E-state index in [1.54, 1.807) is 17.5 Å². The van der Waals surface area contributed by atoms with E-state index < -0.39 is 30.2 Å². The quantitative estimate of drug-likeness (QED) is 0.222. The third-order valence-electron chi connectivity index (χ3n) is 5.66. The second-order valence-electron chi connectivity index (χ2n) is 8.28. The molecule has 1 saturated heterocycles. The van der Waals surface area contributed by atoms with Crippen LogP contribution in [-0.2, 0) is 22.4 Å². The number of aliphatic hydroxyl groups is 1. The number of hydrogen-bond donors (Lipinski definition) is 3. The molecule has 1 aliphatic heterocycles. The molecule has 7 nitrogen and oxygen atoms in total. The zero-order chi connectivity index (χ0) is 28.3. The fourth-order valence-electron chi connectivity index (χ4n) is 3.68. The molecule has 0 bridgehead atoms. The fourth-order valence-corrected chi connectivity index (χ4v) is 5.90. The minimum atomic E-state index is -4.53. The van der Waals surface area contributed by atoms with Crippen LogP contribution in [0.1, 0.15) is 32.8 Å². The van der Waals surface area contributed by atoms with Crippen LogP contribution < -0.4 is 5.32 Å². The summed E-state index contributed by atoms with van der Waals surface area (Å²) >= 11 is 7.58. The summed E-state index contributed by atoms with van der Waals surface area (Å²) in [6.07, 6.45) is -3.00. The minimum Gasteiger partial charge on any atom is -0.478 e. The van der Waals surface area contributed by atoms with Gasteiger partial charge in [-0.15, -0.1) is 11.3 Å². The first-order chi connectivity index (χ1) is 18.5. The maximum Gasteiger partial charge on any atom is 0.416 e. The van der Waals surface area contributed by atoms with Crippen molar-refractivity contribution in [1.29, 1.82) is 0 Å². The maximum absolute atomic E-state index is 13.2. The molecule has 1 aliphatic rings. The van der Waals surface area contributed by atoms with Crippen molar-refractivity contribution in [2.45, 2.75) is 19.2 Å². The van der Waals surface area contributed by atoms with Gasteiger partial charge < -0.3 is 15.5 Å². The van der Waals surface area contributed by atoms with E-state index in [1.165, 1.54) is 46.6 Å². The molecular weight excluding hydrogens is 573 g/mol. The molecular formula is C26H19F3N2O5S3. The Hall–Kier alpha value is -3.52. The number of rotatable bonds is 8. The van der Waals surface area contributed by atoms with Gasteiger partial charge in [-0.25, -0.2) is 4.79 Å². The van der Waals surface area contributed by atoms with Crippen LogP contribution >= 0.6 is 35.3 Å². The summed E-state index contributed by atoms with van der Waals surface area (Å²) in [5.41, 5.74) is 0.733. The summed E-state index contributed by atoms with van der Waals surface area (Å²) in [6.45, 7) is -0.403. The van der Waals surface area contributed by atoms with E-state index in [-0.39, 0.29) is 34.3 Å². The monoisotopic (exact) mass is 592 g/mol. The number of halogens is 3. The number of carboxylic acids is 1. The van der Waals surface area contributed by atoms with Gasteiger partial charge in [0.25, 0.3) is 5.91 Å². The van der Waals surface area contributed by atoms with Crippen LogP contribution in [0.15, 0.2) is 58.8 Å². The third-order valence-corrected chi connectivity index (χ3v) is 7.92. The molecule has 39 heavy (non-hydrogen) atoms. The summed E-state index contributed by atoms with van der Waals surface area (Å²) in [7, 11) is 0. The van der Waals surface area contributed by atoms with Crippen LogP contribution in [0.2, 0.25) is 0 Å². The second kappa shape index (κ2) is 11.7. The van der Waals surface area contributed by atoms with Crippen molar-refractivity contribution in [2.24, 2.45) is 0 Å². The van der Waals surface area contributed by atoms with Crippen molar-refractivity contribution in [1.82, 2.24) is 4.90 Å². The lowest BCUT2D eigenvalue weighted by Gasteiger charge is -2.14. The first-order valence-electron chi connectivity index (χ1n) is 11.2. The number of nitrogens with one attached hydrogen (secondary N) is 1. The first kappa shape index (κ1) is 28.5. The number of aliphatic hydroxyl groups excluding tert-OH is 1. The predicted octanol–water partition coefficient (Wildman–Crippen LogP) is 5.85. The summed E-state index contributed by atoms with van der Waals surface area (Å²) in [5, 5.41) is 22.8. The molecule has 0 aliphatic carbocycles. The van der Waals surface area contributed by atoms with Gasteiger partial charge in [0, 0.05) is 23.5 Å². The maximum atomic E-state index is 13.2. The van der Waals surface area contributed by atoms with Crippen molar-refractivity contribution in [3.8, 4) is 11.1 Å². The summed E-state index contributed by atoms with van der Waals surface area (Å²) in [6, 6.07) is 10.4. The molecule has 2 heterocycles. The SMILES string of the molecule is O=C(CCN1C(=O)/C(=C/c2cc(-c3cc(C(F)(F)F)ccc3CO)cs2)SC1=S)Nc1ccc(C(=O)O)cc1. The van der Waals surface area contributed by atoms with Gasteiger partial charge in [-0.2, -0.15) is 13.2 Å². The van der Waals surface area contributed by atoms with Crippen molar-refractivity contribution >= 4 is 69.2 Å². The smallest absolute Gasteiger partial charge is 0.416 e. The van der Waals surface area contributed by atoms with Gasteiger partial charge in [0.15, 0.2) is 0 Å². The topological polar surface area (TPSA) is 107 Å². The van der Waals surface area contributed by atoms with Crippen LogP contribution in [0, 0.1) is 0 Å². The molecule has 3 aromatic rings. The zero-order valence-corrected chi connectivity index (χ0v) is 22.3. The number of thioether (sulfide) groups is 1. The molecule has 0 saturated carbocycles. The summed E-state index contributed by atoms with van der Waals surface area (Å²) in [5.74, 6) is -1.87. The lowest BCUT2D eigenvalue weighted by Crippen LogP contribution is -2.31. The number of nitrogens with zero attached hydrogens (tertiary/aromatic N) is 1. The Labute approximate surface area is 234 Å². The van der Waals surface area contributed by atoms with E-state index in [9.17, 15) is 32.7 Å². The van der Waals surface area contributed by atoms with E-state index in [1.807, 2.05) is 0 Å². The minimum absolute atomic E-state index is 0.0286. The number of carboxylic acid groups (broad SMARTS) is 1. The molecule has 0 unspecified atom stereocenters. The van der Waals surface area contributed by atoms with Crippen molar-refractivity contribution in [3.63, 3.8) is 0 Å².